The number of pyridine rings is 1. The summed E-state index contributed by atoms with van der Waals surface area (Å²) in [5, 5.41) is 7.35. The Morgan fingerprint density at radius 2 is 2.12 bits per heavy atom. The molecular formula is C17H15FN4O2. The van der Waals surface area contributed by atoms with Crippen LogP contribution in [0.1, 0.15) is 10.4 Å². The number of carbonyl (C=O) groups excluding carboxylic acids is 1. The number of rotatable bonds is 4. The van der Waals surface area contributed by atoms with Gasteiger partial charge in [0.05, 0.1) is 30.8 Å². The molecule has 2 heterocycles. The zero-order valence-electron chi connectivity index (χ0n) is 13.2. The van der Waals surface area contributed by atoms with Gasteiger partial charge in [0, 0.05) is 18.8 Å². The highest BCUT2D eigenvalue weighted by Gasteiger charge is 2.16. The third kappa shape index (κ3) is 2.96. The normalized spacial score (nSPS) is 10.5. The van der Waals surface area contributed by atoms with Crippen LogP contribution in [0.3, 0.4) is 0 Å². The van der Waals surface area contributed by atoms with Gasteiger partial charge in [0.2, 0.25) is 0 Å². The fourth-order valence-corrected chi connectivity index (χ4v) is 2.36. The number of aromatic nitrogens is 3. The van der Waals surface area contributed by atoms with Gasteiger partial charge in [-0.25, -0.2) is 9.18 Å². The van der Waals surface area contributed by atoms with E-state index in [1.54, 1.807) is 36.1 Å². The van der Waals surface area contributed by atoms with Crippen molar-refractivity contribution in [1.29, 1.82) is 0 Å². The Labute approximate surface area is 137 Å². The summed E-state index contributed by atoms with van der Waals surface area (Å²) in [6.07, 6.45) is 4.66. The number of aryl methyl sites for hydroxylation is 1. The van der Waals surface area contributed by atoms with E-state index >= 15 is 0 Å². The first-order chi connectivity index (χ1) is 11.6. The Balaban J connectivity index is 2.04. The number of hydrogen-bond donors (Lipinski definition) is 1. The molecule has 0 unspecified atom stereocenters. The monoisotopic (exact) mass is 326 g/mol. The van der Waals surface area contributed by atoms with Crippen LogP contribution >= 0.6 is 0 Å². The summed E-state index contributed by atoms with van der Waals surface area (Å²) in [6, 6.07) is 7.78. The number of halogens is 1. The van der Waals surface area contributed by atoms with Crippen molar-refractivity contribution in [1.82, 2.24) is 14.8 Å². The van der Waals surface area contributed by atoms with Crippen LogP contribution in [0.5, 0.6) is 0 Å². The van der Waals surface area contributed by atoms with Gasteiger partial charge >= 0.3 is 5.97 Å². The molecule has 0 aliphatic rings. The summed E-state index contributed by atoms with van der Waals surface area (Å²) >= 11 is 0. The van der Waals surface area contributed by atoms with E-state index in [9.17, 15) is 9.18 Å². The van der Waals surface area contributed by atoms with E-state index in [0.29, 0.717) is 28.2 Å². The van der Waals surface area contributed by atoms with Crippen molar-refractivity contribution in [3.63, 3.8) is 0 Å². The summed E-state index contributed by atoms with van der Waals surface area (Å²) in [7, 11) is 3.06. The molecule has 0 aliphatic carbocycles. The maximum atomic E-state index is 13.5. The second kappa shape index (κ2) is 6.49. The van der Waals surface area contributed by atoms with Gasteiger partial charge < -0.3 is 10.1 Å². The zero-order chi connectivity index (χ0) is 17.1. The average Bonchev–Trinajstić information content (AvgIpc) is 2.95. The number of ether oxygens (including phenoxy) is 1. The Hall–Kier alpha value is -3.22. The van der Waals surface area contributed by atoms with Crippen LogP contribution in [0.25, 0.3) is 11.1 Å². The maximum Gasteiger partial charge on any atom is 0.340 e. The van der Waals surface area contributed by atoms with Crippen molar-refractivity contribution in [3.05, 3.63) is 60.3 Å². The number of nitrogens with zero attached hydrogens (tertiary/aromatic N) is 3. The number of esters is 1. The number of nitrogens with one attached hydrogen (secondary N) is 1. The number of anilines is 2. The molecule has 0 aliphatic heterocycles. The van der Waals surface area contributed by atoms with Gasteiger partial charge in [0.25, 0.3) is 0 Å². The van der Waals surface area contributed by atoms with Crippen molar-refractivity contribution in [2.45, 2.75) is 0 Å². The predicted molar refractivity (Wildman–Crippen MR) is 87.5 cm³/mol. The predicted octanol–water partition coefficient (Wildman–Crippen LogP) is 3.15. The minimum atomic E-state index is -0.477. The van der Waals surface area contributed by atoms with Gasteiger partial charge in [-0.15, -0.1) is 0 Å². The first kappa shape index (κ1) is 15.7. The van der Waals surface area contributed by atoms with Crippen LogP contribution in [0.15, 0.2) is 48.9 Å². The molecule has 7 heteroatoms. The topological polar surface area (TPSA) is 69.0 Å². The van der Waals surface area contributed by atoms with E-state index in [-0.39, 0.29) is 5.82 Å². The molecule has 0 fully saturated rings. The van der Waals surface area contributed by atoms with E-state index in [2.05, 4.69) is 15.4 Å². The van der Waals surface area contributed by atoms with Gasteiger partial charge in [-0.1, -0.05) is 12.1 Å². The third-order valence-electron chi connectivity index (χ3n) is 3.55. The van der Waals surface area contributed by atoms with Gasteiger partial charge in [0.1, 0.15) is 11.6 Å². The standard InChI is InChI=1S/C17H15FN4O2/c1-22-16(14(9-20-22)11-4-3-5-12(18)8-11)21-15-10-19-7-6-13(15)17(23)24-2/h3-10,21H,1-2H3. The summed E-state index contributed by atoms with van der Waals surface area (Å²) < 4.78 is 19.9. The minimum Gasteiger partial charge on any atom is -0.465 e. The molecular weight excluding hydrogens is 311 g/mol. The molecule has 0 spiro atoms. The number of benzene rings is 1. The molecule has 3 rings (SSSR count). The van der Waals surface area contributed by atoms with Gasteiger partial charge in [0.15, 0.2) is 0 Å². The Morgan fingerprint density at radius 1 is 1.29 bits per heavy atom. The third-order valence-corrected chi connectivity index (χ3v) is 3.55. The molecule has 1 N–H and O–H groups in total. The molecule has 0 atom stereocenters. The molecule has 0 bridgehead atoms. The highest BCUT2D eigenvalue weighted by atomic mass is 19.1. The van der Waals surface area contributed by atoms with Crippen molar-refractivity contribution >= 4 is 17.5 Å². The molecule has 24 heavy (non-hydrogen) atoms. The van der Waals surface area contributed by atoms with Gasteiger partial charge in [-0.2, -0.15) is 5.10 Å². The molecule has 0 radical (unpaired) electrons. The lowest BCUT2D eigenvalue weighted by Crippen LogP contribution is -2.08. The minimum absolute atomic E-state index is 0.334. The van der Waals surface area contributed by atoms with Crippen LogP contribution in [0, 0.1) is 5.82 Å². The Morgan fingerprint density at radius 3 is 2.88 bits per heavy atom. The van der Waals surface area contributed by atoms with E-state index < -0.39 is 5.97 Å². The Bertz CT molecular complexity index is 892. The maximum absolute atomic E-state index is 13.5. The van der Waals surface area contributed by atoms with E-state index in [0.717, 1.165) is 0 Å². The first-order valence-corrected chi connectivity index (χ1v) is 7.17. The van der Waals surface area contributed by atoms with Crippen LogP contribution in [-0.2, 0) is 11.8 Å². The molecule has 0 saturated carbocycles. The molecule has 6 nitrogen and oxygen atoms in total. The highest BCUT2D eigenvalue weighted by molar-refractivity contribution is 5.96. The summed E-state index contributed by atoms with van der Waals surface area (Å²) in [5.41, 5.74) is 2.20. The van der Waals surface area contributed by atoms with Crippen LogP contribution in [0.2, 0.25) is 0 Å². The van der Waals surface area contributed by atoms with Crippen molar-refractivity contribution in [2.75, 3.05) is 12.4 Å². The van der Waals surface area contributed by atoms with Gasteiger partial charge in [-0.05, 0) is 23.8 Å². The van der Waals surface area contributed by atoms with Crippen LogP contribution < -0.4 is 5.32 Å². The van der Waals surface area contributed by atoms with Crippen molar-refractivity contribution in [3.8, 4) is 11.1 Å². The molecule has 1 aromatic carbocycles. The lowest BCUT2D eigenvalue weighted by atomic mass is 10.1. The van der Waals surface area contributed by atoms with E-state index in [1.807, 2.05) is 0 Å². The van der Waals surface area contributed by atoms with Crippen molar-refractivity contribution in [2.24, 2.45) is 7.05 Å². The van der Waals surface area contributed by atoms with E-state index in [4.69, 9.17) is 4.74 Å². The molecule has 2 aromatic heterocycles. The number of hydrogen-bond acceptors (Lipinski definition) is 5. The largest absolute Gasteiger partial charge is 0.465 e. The number of carbonyl (C=O) groups is 1. The summed E-state index contributed by atoms with van der Waals surface area (Å²) in [5.74, 6) is -0.202. The quantitative estimate of drug-likeness (QED) is 0.746. The lowest BCUT2D eigenvalue weighted by molar-refractivity contribution is 0.0602. The second-order valence-corrected chi connectivity index (χ2v) is 5.08. The Kier molecular flexibility index (Phi) is 4.24. The fourth-order valence-electron chi connectivity index (χ4n) is 2.36. The summed E-state index contributed by atoms with van der Waals surface area (Å²) in [6.45, 7) is 0. The smallest absolute Gasteiger partial charge is 0.340 e. The van der Waals surface area contributed by atoms with Gasteiger partial charge in [-0.3, -0.25) is 9.67 Å². The molecule has 3 aromatic rings. The van der Waals surface area contributed by atoms with Crippen molar-refractivity contribution < 1.29 is 13.9 Å². The zero-order valence-corrected chi connectivity index (χ0v) is 13.2. The second-order valence-electron chi connectivity index (χ2n) is 5.08. The summed E-state index contributed by atoms with van der Waals surface area (Å²) in [4.78, 5) is 15.9. The lowest BCUT2D eigenvalue weighted by Gasteiger charge is -2.12. The first-order valence-electron chi connectivity index (χ1n) is 7.17. The SMILES string of the molecule is COC(=O)c1ccncc1Nc1c(-c2cccc(F)c2)cnn1C. The fraction of sp³-hybridized carbons (Fsp3) is 0.118. The average molecular weight is 326 g/mol. The molecule has 122 valence electrons. The molecule has 0 saturated heterocycles. The van der Waals surface area contributed by atoms with E-state index in [1.165, 1.54) is 31.6 Å². The van der Waals surface area contributed by atoms with Crippen LogP contribution in [0.4, 0.5) is 15.9 Å². The highest BCUT2D eigenvalue weighted by Crippen LogP contribution is 2.31. The van der Waals surface area contributed by atoms with Crippen LogP contribution in [-0.4, -0.2) is 27.8 Å². The molecule has 0 amide bonds. The number of methoxy groups -OCH3 is 1.